The first-order chi connectivity index (χ1) is 9.99. The number of thioether (sulfide) groups is 1. The maximum Gasteiger partial charge on any atom is 0.0409 e. The second-order valence-electron chi connectivity index (χ2n) is 7.20. The van der Waals surface area contributed by atoms with Gasteiger partial charge in [0.1, 0.15) is 0 Å². The topological polar surface area (TPSA) is 12.0 Å². The van der Waals surface area contributed by atoms with E-state index in [9.17, 15) is 0 Å². The van der Waals surface area contributed by atoms with Crippen molar-refractivity contribution in [3.05, 3.63) is 34.3 Å². The number of fused-ring (bicyclic) bond motifs is 1. The standard InChI is InChI=1S/C18H26ClNS/c1-4-21-15-8-7-14(10-15)20-17-16-9-13(19)6-5-12(16)11-18(17,2)3/h5-6,9,14-15,17,20H,4,7-8,10-11H2,1-3H3. The van der Waals surface area contributed by atoms with E-state index in [2.05, 4.69) is 50.0 Å². The average molecular weight is 324 g/mol. The van der Waals surface area contributed by atoms with Crippen LogP contribution in [0.3, 0.4) is 0 Å². The van der Waals surface area contributed by atoms with E-state index in [1.807, 2.05) is 6.07 Å². The highest BCUT2D eigenvalue weighted by atomic mass is 35.5. The van der Waals surface area contributed by atoms with Crippen molar-refractivity contribution in [1.29, 1.82) is 0 Å². The summed E-state index contributed by atoms with van der Waals surface area (Å²) >= 11 is 8.36. The lowest BCUT2D eigenvalue weighted by molar-refractivity contribution is 0.248. The summed E-state index contributed by atoms with van der Waals surface area (Å²) in [6.07, 6.45) is 5.16. The summed E-state index contributed by atoms with van der Waals surface area (Å²) in [6, 6.07) is 7.54. The van der Waals surface area contributed by atoms with Gasteiger partial charge in [0.15, 0.2) is 0 Å². The van der Waals surface area contributed by atoms with Crippen molar-refractivity contribution in [3.63, 3.8) is 0 Å². The van der Waals surface area contributed by atoms with E-state index in [4.69, 9.17) is 11.6 Å². The molecule has 0 bridgehead atoms. The van der Waals surface area contributed by atoms with Crippen LogP contribution in [0.2, 0.25) is 5.02 Å². The predicted molar refractivity (Wildman–Crippen MR) is 94.4 cm³/mol. The van der Waals surface area contributed by atoms with Crippen LogP contribution >= 0.6 is 23.4 Å². The zero-order chi connectivity index (χ0) is 15.0. The fourth-order valence-corrected chi connectivity index (χ4v) is 5.36. The summed E-state index contributed by atoms with van der Waals surface area (Å²) in [5.74, 6) is 1.24. The number of nitrogens with one attached hydrogen (secondary N) is 1. The van der Waals surface area contributed by atoms with Crippen molar-refractivity contribution in [2.24, 2.45) is 5.41 Å². The number of hydrogen-bond donors (Lipinski definition) is 1. The fourth-order valence-electron chi connectivity index (χ4n) is 4.04. The van der Waals surface area contributed by atoms with Crippen molar-refractivity contribution in [2.75, 3.05) is 5.75 Å². The maximum absolute atomic E-state index is 6.23. The first-order valence-corrected chi connectivity index (χ1v) is 9.58. The molecule has 0 aromatic heterocycles. The number of benzene rings is 1. The Morgan fingerprint density at radius 1 is 1.33 bits per heavy atom. The van der Waals surface area contributed by atoms with Gasteiger partial charge in [-0.2, -0.15) is 11.8 Å². The van der Waals surface area contributed by atoms with Gasteiger partial charge < -0.3 is 5.32 Å². The Balaban J connectivity index is 1.74. The molecule has 116 valence electrons. The molecule has 3 unspecified atom stereocenters. The maximum atomic E-state index is 6.23. The summed E-state index contributed by atoms with van der Waals surface area (Å²) in [5.41, 5.74) is 3.18. The molecule has 1 aromatic rings. The minimum Gasteiger partial charge on any atom is -0.307 e. The van der Waals surface area contributed by atoms with Crippen LogP contribution in [0.25, 0.3) is 0 Å². The molecule has 2 aliphatic carbocycles. The van der Waals surface area contributed by atoms with Crippen LogP contribution in [-0.2, 0) is 6.42 Å². The summed E-state index contributed by atoms with van der Waals surface area (Å²) in [4.78, 5) is 0. The highest BCUT2D eigenvalue weighted by molar-refractivity contribution is 7.99. The fraction of sp³-hybridized carbons (Fsp3) is 0.667. The first-order valence-electron chi connectivity index (χ1n) is 8.15. The lowest BCUT2D eigenvalue weighted by Crippen LogP contribution is -2.37. The third-order valence-electron chi connectivity index (χ3n) is 5.04. The lowest BCUT2D eigenvalue weighted by atomic mass is 9.85. The van der Waals surface area contributed by atoms with Gasteiger partial charge in [-0.05, 0) is 60.1 Å². The minimum atomic E-state index is 0.281. The van der Waals surface area contributed by atoms with Crippen molar-refractivity contribution in [3.8, 4) is 0 Å². The van der Waals surface area contributed by atoms with E-state index in [1.165, 1.54) is 36.1 Å². The van der Waals surface area contributed by atoms with Gasteiger partial charge in [0.2, 0.25) is 0 Å². The highest BCUT2D eigenvalue weighted by Gasteiger charge is 2.40. The van der Waals surface area contributed by atoms with Crippen LogP contribution in [0.1, 0.15) is 57.2 Å². The predicted octanol–water partition coefficient (Wildman–Crippen LogP) is 5.23. The molecule has 0 aliphatic heterocycles. The Morgan fingerprint density at radius 3 is 2.90 bits per heavy atom. The number of halogens is 1. The van der Waals surface area contributed by atoms with Crippen LogP contribution in [0.4, 0.5) is 0 Å². The van der Waals surface area contributed by atoms with E-state index in [1.54, 1.807) is 0 Å². The SMILES string of the molecule is CCSC1CCC(NC2c3cc(Cl)ccc3CC2(C)C)C1. The summed E-state index contributed by atoms with van der Waals surface area (Å²) in [6.45, 7) is 7.03. The number of rotatable bonds is 4. The first kappa shape index (κ1) is 15.7. The molecule has 0 saturated heterocycles. The van der Waals surface area contributed by atoms with Crippen LogP contribution in [0.5, 0.6) is 0 Å². The summed E-state index contributed by atoms with van der Waals surface area (Å²) in [5, 5.41) is 5.69. The van der Waals surface area contributed by atoms with Crippen molar-refractivity contribution < 1.29 is 0 Å². The Labute approximate surface area is 138 Å². The molecule has 2 aliphatic rings. The second kappa shape index (κ2) is 6.14. The third kappa shape index (κ3) is 3.28. The van der Waals surface area contributed by atoms with Crippen LogP contribution in [0, 0.1) is 5.41 Å². The normalized spacial score (nSPS) is 30.6. The van der Waals surface area contributed by atoms with Crippen LogP contribution in [0.15, 0.2) is 18.2 Å². The van der Waals surface area contributed by atoms with E-state index in [-0.39, 0.29) is 5.41 Å². The molecule has 3 rings (SSSR count). The van der Waals surface area contributed by atoms with Gasteiger partial charge in [-0.15, -0.1) is 0 Å². The monoisotopic (exact) mass is 323 g/mol. The molecule has 0 amide bonds. The van der Waals surface area contributed by atoms with Gasteiger partial charge in [0.25, 0.3) is 0 Å². The molecular formula is C18H26ClNS. The molecule has 3 atom stereocenters. The van der Waals surface area contributed by atoms with E-state index < -0.39 is 0 Å². The van der Waals surface area contributed by atoms with Crippen molar-refractivity contribution in [2.45, 2.75) is 63.8 Å². The van der Waals surface area contributed by atoms with Gasteiger partial charge >= 0.3 is 0 Å². The quantitative estimate of drug-likeness (QED) is 0.814. The molecule has 1 N–H and O–H groups in total. The molecule has 1 nitrogen and oxygen atoms in total. The molecule has 1 saturated carbocycles. The molecule has 21 heavy (non-hydrogen) atoms. The summed E-state index contributed by atoms with van der Waals surface area (Å²) < 4.78 is 0. The average Bonchev–Trinajstić information content (AvgIpc) is 2.95. The van der Waals surface area contributed by atoms with Crippen molar-refractivity contribution in [1.82, 2.24) is 5.32 Å². The molecule has 3 heteroatoms. The Kier molecular flexibility index (Phi) is 4.59. The Hall–Kier alpha value is -0.180. The Bertz CT molecular complexity index is 514. The lowest BCUT2D eigenvalue weighted by Gasteiger charge is -2.31. The molecule has 1 fully saturated rings. The van der Waals surface area contributed by atoms with Gasteiger partial charge in [-0.1, -0.05) is 38.4 Å². The molecule has 0 spiro atoms. The molecule has 0 radical (unpaired) electrons. The largest absolute Gasteiger partial charge is 0.307 e. The van der Waals surface area contributed by atoms with Crippen molar-refractivity contribution >= 4 is 23.4 Å². The minimum absolute atomic E-state index is 0.281. The third-order valence-corrected chi connectivity index (χ3v) is 6.50. The smallest absolute Gasteiger partial charge is 0.0409 e. The number of hydrogen-bond acceptors (Lipinski definition) is 2. The van der Waals surface area contributed by atoms with Gasteiger partial charge in [0, 0.05) is 22.4 Å². The molecule has 1 aromatic carbocycles. The van der Waals surface area contributed by atoms with E-state index in [0.29, 0.717) is 12.1 Å². The Morgan fingerprint density at radius 2 is 2.14 bits per heavy atom. The van der Waals surface area contributed by atoms with E-state index >= 15 is 0 Å². The second-order valence-corrected chi connectivity index (χ2v) is 9.21. The van der Waals surface area contributed by atoms with Crippen LogP contribution < -0.4 is 5.32 Å². The molecule has 0 heterocycles. The highest BCUT2D eigenvalue weighted by Crippen LogP contribution is 2.47. The zero-order valence-corrected chi connectivity index (χ0v) is 14.9. The van der Waals surface area contributed by atoms with Gasteiger partial charge in [0.05, 0.1) is 0 Å². The van der Waals surface area contributed by atoms with E-state index in [0.717, 1.165) is 16.7 Å². The van der Waals surface area contributed by atoms with Crippen LogP contribution in [-0.4, -0.2) is 17.0 Å². The zero-order valence-electron chi connectivity index (χ0n) is 13.3. The van der Waals surface area contributed by atoms with Gasteiger partial charge in [-0.3, -0.25) is 0 Å². The molecular weight excluding hydrogens is 298 g/mol. The van der Waals surface area contributed by atoms with Gasteiger partial charge in [-0.25, -0.2) is 0 Å². The summed E-state index contributed by atoms with van der Waals surface area (Å²) in [7, 11) is 0.